The van der Waals surface area contributed by atoms with Crippen LogP contribution in [0.2, 0.25) is 0 Å². The van der Waals surface area contributed by atoms with E-state index in [1.54, 1.807) is 12.1 Å². The van der Waals surface area contributed by atoms with E-state index in [4.69, 9.17) is 5.73 Å². The Kier molecular flexibility index (Phi) is 9.04. The van der Waals surface area contributed by atoms with E-state index in [0.717, 1.165) is 38.9 Å². The van der Waals surface area contributed by atoms with Gasteiger partial charge in [-0.3, -0.25) is 9.59 Å². The van der Waals surface area contributed by atoms with E-state index in [9.17, 15) is 14.4 Å². The number of benzene rings is 2. The number of carbonyl (C=O) groups is 3. The third-order valence-electron chi connectivity index (χ3n) is 6.20. The lowest BCUT2D eigenvalue weighted by Crippen LogP contribution is -2.48. The molecule has 1 atom stereocenters. The van der Waals surface area contributed by atoms with Crippen LogP contribution in [-0.4, -0.2) is 48.4 Å². The third-order valence-corrected chi connectivity index (χ3v) is 6.20. The van der Waals surface area contributed by atoms with E-state index in [2.05, 4.69) is 20.9 Å². The number of nitrogens with zero attached hydrogens (tertiary/aromatic N) is 1. The summed E-state index contributed by atoms with van der Waals surface area (Å²) in [4.78, 5) is 38.9. The molecular weight excluding hydrogens is 430 g/mol. The molecule has 0 radical (unpaired) electrons. The first-order valence-corrected chi connectivity index (χ1v) is 11.9. The van der Waals surface area contributed by atoms with Gasteiger partial charge >= 0.3 is 6.03 Å². The fraction of sp³-hybridized carbons (Fsp3) is 0.423. The second kappa shape index (κ2) is 12.2. The lowest BCUT2D eigenvalue weighted by molar-refractivity contribution is -0.123. The standard InChI is InChI=1S/C26H35N5O3/c1-18(2)23(30-26(34)29-21-6-4-3-5-7-21)25(33)28-22-10-8-19(9-11-22)12-15-31-16-13-20(14-17-31)24(27)32/h3-11,18,20,23H,12-17H2,1-2H3,(H2,27,32)(H,28,33)(H2,29,30,34). The van der Waals surface area contributed by atoms with E-state index in [-0.39, 0.29) is 23.7 Å². The molecule has 0 spiro atoms. The molecule has 34 heavy (non-hydrogen) atoms. The van der Waals surface area contributed by atoms with Crippen molar-refractivity contribution < 1.29 is 14.4 Å². The molecule has 0 aromatic heterocycles. The molecular formula is C26H35N5O3. The number of nitrogens with one attached hydrogen (secondary N) is 3. The molecule has 8 nitrogen and oxygen atoms in total. The zero-order chi connectivity index (χ0) is 24.5. The predicted molar refractivity (Wildman–Crippen MR) is 134 cm³/mol. The minimum absolute atomic E-state index is 0.00714. The fourth-order valence-electron chi connectivity index (χ4n) is 4.07. The second-order valence-electron chi connectivity index (χ2n) is 9.14. The normalized spacial score (nSPS) is 15.5. The van der Waals surface area contributed by atoms with Gasteiger partial charge in [-0.25, -0.2) is 4.79 Å². The van der Waals surface area contributed by atoms with Crippen molar-refractivity contribution in [3.63, 3.8) is 0 Å². The largest absolute Gasteiger partial charge is 0.369 e. The first-order chi connectivity index (χ1) is 16.3. The third kappa shape index (κ3) is 7.59. The second-order valence-corrected chi connectivity index (χ2v) is 9.14. The predicted octanol–water partition coefficient (Wildman–Crippen LogP) is 3.21. The van der Waals surface area contributed by atoms with Gasteiger partial charge in [0.2, 0.25) is 11.8 Å². The Morgan fingerprint density at radius 3 is 2.15 bits per heavy atom. The summed E-state index contributed by atoms with van der Waals surface area (Å²) in [5, 5.41) is 8.42. The van der Waals surface area contributed by atoms with Crippen molar-refractivity contribution in [3.05, 3.63) is 60.2 Å². The number of piperidine rings is 1. The molecule has 1 heterocycles. The highest BCUT2D eigenvalue weighted by Crippen LogP contribution is 2.18. The highest BCUT2D eigenvalue weighted by molar-refractivity contribution is 5.99. The molecule has 0 aliphatic carbocycles. The van der Waals surface area contributed by atoms with Crippen LogP contribution in [0.15, 0.2) is 54.6 Å². The van der Waals surface area contributed by atoms with Crippen LogP contribution in [0.5, 0.6) is 0 Å². The van der Waals surface area contributed by atoms with E-state index in [0.29, 0.717) is 11.4 Å². The number of amides is 4. The summed E-state index contributed by atoms with van der Waals surface area (Å²) in [6, 6.07) is 15.8. The van der Waals surface area contributed by atoms with Crippen molar-refractivity contribution in [1.82, 2.24) is 10.2 Å². The fourth-order valence-corrected chi connectivity index (χ4v) is 4.07. The molecule has 1 fully saturated rings. The minimum atomic E-state index is -0.674. The molecule has 3 rings (SSSR count). The summed E-state index contributed by atoms with van der Waals surface area (Å²) >= 11 is 0. The molecule has 4 amide bonds. The monoisotopic (exact) mass is 465 g/mol. The molecule has 1 aliphatic rings. The topological polar surface area (TPSA) is 117 Å². The van der Waals surface area contributed by atoms with Gasteiger partial charge in [-0.1, -0.05) is 44.2 Å². The van der Waals surface area contributed by atoms with Crippen LogP contribution in [-0.2, 0) is 16.0 Å². The van der Waals surface area contributed by atoms with Crippen molar-refractivity contribution >= 4 is 29.2 Å². The number of hydrogen-bond acceptors (Lipinski definition) is 4. The number of nitrogens with two attached hydrogens (primary N) is 1. The van der Waals surface area contributed by atoms with Crippen molar-refractivity contribution in [2.45, 2.75) is 39.2 Å². The highest BCUT2D eigenvalue weighted by Gasteiger charge is 2.25. The molecule has 0 bridgehead atoms. The molecule has 5 N–H and O–H groups in total. The summed E-state index contributed by atoms with van der Waals surface area (Å²) in [7, 11) is 0. The Bertz CT molecular complexity index is 954. The lowest BCUT2D eigenvalue weighted by Gasteiger charge is -2.30. The van der Waals surface area contributed by atoms with Gasteiger partial charge < -0.3 is 26.6 Å². The molecule has 2 aromatic rings. The van der Waals surface area contributed by atoms with Crippen molar-refractivity contribution in [2.24, 2.45) is 17.6 Å². The van der Waals surface area contributed by atoms with Crippen LogP contribution in [0.3, 0.4) is 0 Å². The van der Waals surface area contributed by atoms with E-state index in [1.165, 1.54) is 5.56 Å². The average Bonchev–Trinajstić information content (AvgIpc) is 2.82. The maximum atomic E-state index is 12.8. The van der Waals surface area contributed by atoms with Gasteiger partial charge in [0.1, 0.15) is 6.04 Å². The summed E-state index contributed by atoms with van der Waals surface area (Å²) < 4.78 is 0. The molecule has 8 heteroatoms. The number of hydrogen-bond donors (Lipinski definition) is 4. The minimum Gasteiger partial charge on any atom is -0.369 e. The Labute approximate surface area is 201 Å². The average molecular weight is 466 g/mol. The molecule has 1 saturated heterocycles. The number of urea groups is 1. The van der Waals surface area contributed by atoms with E-state index < -0.39 is 12.1 Å². The first-order valence-electron chi connectivity index (χ1n) is 11.9. The number of rotatable bonds is 9. The summed E-state index contributed by atoms with van der Waals surface area (Å²) in [5.41, 5.74) is 7.93. The summed E-state index contributed by atoms with van der Waals surface area (Å²) in [6.45, 7) is 6.49. The molecule has 182 valence electrons. The van der Waals surface area contributed by atoms with Crippen molar-refractivity contribution in [3.8, 4) is 0 Å². The zero-order valence-corrected chi connectivity index (χ0v) is 19.9. The number of carbonyl (C=O) groups excluding carboxylic acids is 3. The Hall–Kier alpha value is -3.39. The lowest BCUT2D eigenvalue weighted by atomic mass is 9.96. The van der Waals surface area contributed by atoms with Crippen LogP contribution in [0.25, 0.3) is 0 Å². The van der Waals surface area contributed by atoms with Gasteiger partial charge in [-0.2, -0.15) is 0 Å². The van der Waals surface area contributed by atoms with Gasteiger partial charge in [-0.05, 0) is 68.1 Å². The summed E-state index contributed by atoms with van der Waals surface area (Å²) in [5.74, 6) is -0.528. The van der Waals surface area contributed by atoms with Crippen LogP contribution in [0.4, 0.5) is 16.2 Å². The Morgan fingerprint density at radius 2 is 1.56 bits per heavy atom. The maximum absolute atomic E-state index is 12.8. The first kappa shape index (κ1) is 25.2. The Balaban J connectivity index is 1.47. The number of primary amides is 1. The van der Waals surface area contributed by atoms with Gasteiger partial charge in [0, 0.05) is 23.8 Å². The van der Waals surface area contributed by atoms with Crippen LogP contribution in [0.1, 0.15) is 32.3 Å². The Morgan fingerprint density at radius 1 is 0.941 bits per heavy atom. The molecule has 1 unspecified atom stereocenters. The van der Waals surface area contributed by atoms with Crippen LogP contribution in [0, 0.1) is 11.8 Å². The van der Waals surface area contributed by atoms with Gasteiger partial charge in [0.25, 0.3) is 0 Å². The highest BCUT2D eigenvalue weighted by atomic mass is 16.2. The summed E-state index contributed by atoms with van der Waals surface area (Å²) in [6.07, 6.45) is 2.55. The maximum Gasteiger partial charge on any atom is 0.319 e. The van der Waals surface area contributed by atoms with Crippen LogP contribution < -0.4 is 21.7 Å². The van der Waals surface area contributed by atoms with Gasteiger partial charge in [-0.15, -0.1) is 0 Å². The number of anilines is 2. The number of para-hydroxylation sites is 1. The quantitative estimate of drug-likeness (QED) is 0.455. The van der Waals surface area contributed by atoms with Crippen LogP contribution >= 0.6 is 0 Å². The molecule has 2 aromatic carbocycles. The smallest absolute Gasteiger partial charge is 0.319 e. The SMILES string of the molecule is CC(C)C(NC(=O)Nc1ccccc1)C(=O)Nc1ccc(CCN2CCC(C(N)=O)CC2)cc1. The number of likely N-dealkylation sites (tertiary alicyclic amines) is 1. The molecule has 1 aliphatic heterocycles. The van der Waals surface area contributed by atoms with Gasteiger partial charge in [0.15, 0.2) is 0 Å². The van der Waals surface area contributed by atoms with E-state index in [1.807, 2.05) is 56.3 Å². The van der Waals surface area contributed by atoms with Gasteiger partial charge in [0.05, 0.1) is 0 Å². The van der Waals surface area contributed by atoms with Crippen molar-refractivity contribution in [2.75, 3.05) is 30.3 Å². The zero-order valence-electron chi connectivity index (χ0n) is 19.9. The molecule has 0 saturated carbocycles. The van der Waals surface area contributed by atoms with E-state index >= 15 is 0 Å². The van der Waals surface area contributed by atoms with Crippen molar-refractivity contribution in [1.29, 1.82) is 0 Å².